The van der Waals surface area contributed by atoms with Gasteiger partial charge < -0.3 is 25.0 Å². The van der Waals surface area contributed by atoms with Crippen LogP contribution in [-0.4, -0.2) is 53.2 Å². The number of anilines is 2. The molecule has 0 aliphatic carbocycles. The molecule has 2 N–H and O–H groups in total. The minimum atomic E-state index is -0.213. The summed E-state index contributed by atoms with van der Waals surface area (Å²) in [5.74, 6) is 0. The fraction of sp³-hybridized carbons (Fsp3) is 0.600. The summed E-state index contributed by atoms with van der Waals surface area (Å²) < 4.78 is 10.6. The highest BCUT2D eigenvalue weighted by molar-refractivity contribution is 5.73. The summed E-state index contributed by atoms with van der Waals surface area (Å²) in [6.45, 7) is 2.55. The number of benzene rings is 1. The Labute approximate surface area is 121 Å². The lowest BCUT2D eigenvalue weighted by molar-refractivity contribution is -0.109. The number of fused-ring (bicyclic) bond motifs is 1. The smallest absolute Gasteiger partial charge is 0.158 e. The zero-order valence-corrected chi connectivity index (χ0v) is 12.6. The molecule has 0 radical (unpaired) electrons. The van der Waals surface area contributed by atoms with Crippen LogP contribution in [0.3, 0.4) is 0 Å². The SMILES string of the molecule is COC(CC(CN)N1CCN(C)c2ccccc21)OC. The van der Waals surface area contributed by atoms with E-state index in [0.717, 1.165) is 19.5 Å². The largest absolute Gasteiger partial charge is 0.371 e. The fourth-order valence-corrected chi connectivity index (χ4v) is 2.77. The van der Waals surface area contributed by atoms with Crippen LogP contribution in [0.2, 0.25) is 0 Å². The Morgan fingerprint density at radius 3 is 2.40 bits per heavy atom. The van der Waals surface area contributed by atoms with Crippen molar-refractivity contribution in [1.82, 2.24) is 0 Å². The predicted octanol–water partition coefficient (Wildman–Crippen LogP) is 1.28. The molecule has 0 aromatic heterocycles. The van der Waals surface area contributed by atoms with Crippen LogP contribution < -0.4 is 15.5 Å². The van der Waals surface area contributed by atoms with Crippen LogP contribution in [0.5, 0.6) is 0 Å². The number of nitrogens with two attached hydrogens (primary N) is 1. The van der Waals surface area contributed by atoms with Crippen molar-refractivity contribution in [3.8, 4) is 0 Å². The molecule has 1 aromatic rings. The third-order valence-electron chi connectivity index (χ3n) is 3.98. The van der Waals surface area contributed by atoms with Gasteiger partial charge in [0.05, 0.1) is 11.4 Å². The van der Waals surface area contributed by atoms with Crippen LogP contribution in [-0.2, 0) is 9.47 Å². The highest BCUT2D eigenvalue weighted by atomic mass is 16.7. The van der Waals surface area contributed by atoms with E-state index >= 15 is 0 Å². The molecule has 2 rings (SSSR count). The third-order valence-corrected chi connectivity index (χ3v) is 3.98. The van der Waals surface area contributed by atoms with Crippen molar-refractivity contribution in [3.63, 3.8) is 0 Å². The van der Waals surface area contributed by atoms with Crippen molar-refractivity contribution < 1.29 is 9.47 Å². The first-order chi connectivity index (χ1) is 9.71. The van der Waals surface area contributed by atoms with Crippen molar-refractivity contribution in [1.29, 1.82) is 0 Å². The number of nitrogens with zero attached hydrogens (tertiary/aromatic N) is 2. The van der Waals surface area contributed by atoms with E-state index in [0.29, 0.717) is 6.54 Å². The minimum absolute atomic E-state index is 0.213. The zero-order valence-electron chi connectivity index (χ0n) is 12.6. The van der Waals surface area contributed by atoms with Gasteiger partial charge in [-0.3, -0.25) is 0 Å². The molecule has 1 unspecified atom stereocenters. The molecule has 20 heavy (non-hydrogen) atoms. The van der Waals surface area contributed by atoms with E-state index < -0.39 is 0 Å². The summed E-state index contributed by atoms with van der Waals surface area (Å²) in [5.41, 5.74) is 8.48. The second-order valence-corrected chi connectivity index (χ2v) is 5.13. The molecule has 1 aliphatic rings. The van der Waals surface area contributed by atoms with Gasteiger partial charge in [-0.05, 0) is 12.1 Å². The molecule has 5 nitrogen and oxygen atoms in total. The van der Waals surface area contributed by atoms with Crippen LogP contribution in [0.25, 0.3) is 0 Å². The Bertz CT molecular complexity index is 423. The van der Waals surface area contributed by atoms with Gasteiger partial charge in [-0.1, -0.05) is 12.1 Å². The van der Waals surface area contributed by atoms with Gasteiger partial charge in [0.25, 0.3) is 0 Å². The summed E-state index contributed by atoms with van der Waals surface area (Å²) in [4.78, 5) is 4.66. The van der Waals surface area contributed by atoms with Gasteiger partial charge in [-0.2, -0.15) is 0 Å². The molecule has 5 heteroatoms. The third kappa shape index (κ3) is 3.06. The Hall–Kier alpha value is -1.30. The second-order valence-electron chi connectivity index (χ2n) is 5.13. The summed E-state index contributed by atoms with van der Waals surface area (Å²) in [5, 5.41) is 0. The number of methoxy groups -OCH3 is 2. The van der Waals surface area contributed by atoms with Crippen LogP contribution in [0.1, 0.15) is 6.42 Å². The quantitative estimate of drug-likeness (QED) is 0.795. The number of ether oxygens (including phenoxy) is 2. The lowest BCUT2D eigenvalue weighted by Gasteiger charge is -2.42. The van der Waals surface area contributed by atoms with E-state index in [2.05, 4.69) is 41.1 Å². The van der Waals surface area contributed by atoms with Gasteiger partial charge >= 0.3 is 0 Å². The number of hydrogen-bond donors (Lipinski definition) is 1. The summed E-state index contributed by atoms with van der Waals surface area (Å²) in [6, 6.07) is 8.67. The fourth-order valence-electron chi connectivity index (χ4n) is 2.77. The molecule has 1 heterocycles. The van der Waals surface area contributed by atoms with E-state index in [4.69, 9.17) is 15.2 Å². The average molecular weight is 279 g/mol. The lowest BCUT2D eigenvalue weighted by Crippen LogP contribution is -2.49. The second kappa shape index (κ2) is 6.92. The maximum absolute atomic E-state index is 5.99. The van der Waals surface area contributed by atoms with Gasteiger partial charge in [0.1, 0.15) is 0 Å². The Balaban J connectivity index is 2.20. The highest BCUT2D eigenvalue weighted by Crippen LogP contribution is 2.33. The van der Waals surface area contributed by atoms with E-state index in [1.54, 1.807) is 14.2 Å². The van der Waals surface area contributed by atoms with Crippen molar-refractivity contribution in [2.45, 2.75) is 18.8 Å². The first-order valence-corrected chi connectivity index (χ1v) is 7.03. The lowest BCUT2D eigenvalue weighted by atomic mass is 10.1. The van der Waals surface area contributed by atoms with Gasteiger partial charge in [0.2, 0.25) is 0 Å². The summed E-state index contributed by atoms with van der Waals surface area (Å²) >= 11 is 0. The number of hydrogen-bond acceptors (Lipinski definition) is 5. The standard InChI is InChI=1S/C15H25N3O2/c1-17-8-9-18(14-7-5-4-6-13(14)17)12(11-16)10-15(19-2)20-3/h4-7,12,15H,8-11,16H2,1-3H3. The molecule has 0 saturated carbocycles. The Morgan fingerprint density at radius 1 is 1.15 bits per heavy atom. The monoisotopic (exact) mass is 279 g/mol. The first kappa shape index (κ1) is 15.1. The molecular weight excluding hydrogens is 254 g/mol. The summed E-state index contributed by atoms with van der Waals surface area (Å²) in [7, 11) is 5.46. The number of likely N-dealkylation sites (N-methyl/N-ethyl adjacent to an activating group) is 1. The normalized spacial score (nSPS) is 16.4. The molecule has 0 fully saturated rings. The maximum Gasteiger partial charge on any atom is 0.158 e. The molecule has 0 spiro atoms. The molecule has 1 aromatic carbocycles. The molecule has 0 amide bonds. The van der Waals surface area contributed by atoms with Crippen molar-refractivity contribution in [2.24, 2.45) is 5.73 Å². The van der Waals surface area contributed by atoms with Gasteiger partial charge in [0, 0.05) is 53.4 Å². The molecular formula is C15H25N3O2. The van der Waals surface area contributed by atoms with Gasteiger partial charge in [0.15, 0.2) is 6.29 Å². The average Bonchev–Trinajstić information content (AvgIpc) is 2.50. The van der Waals surface area contributed by atoms with E-state index in [9.17, 15) is 0 Å². The molecule has 1 aliphatic heterocycles. The zero-order chi connectivity index (χ0) is 14.5. The van der Waals surface area contributed by atoms with Crippen molar-refractivity contribution in [2.75, 3.05) is 50.7 Å². The Morgan fingerprint density at radius 2 is 1.80 bits per heavy atom. The first-order valence-electron chi connectivity index (χ1n) is 7.03. The van der Waals surface area contributed by atoms with Crippen LogP contribution in [0, 0.1) is 0 Å². The topological polar surface area (TPSA) is 51.0 Å². The van der Waals surface area contributed by atoms with Crippen LogP contribution in [0.15, 0.2) is 24.3 Å². The summed E-state index contributed by atoms with van der Waals surface area (Å²) in [6.07, 6.45) is 0.553. The van der Waals surface area contributed by atoms with Crippen molar-refractivity contribution in [3.05, 3.63) is 24.3 Å². The van der Waals surface area contributed by atoms with Crippen LogP contribution >= 0.6 is 0 Å². The molecule has 0 saturated heterocycles. The number of rotatable bonds is 6. The Kier molecular flexibility index (Phi) is 5.23. The van der Waals surface area contributed by atoms with Gasteiger partial charge in [-0.25, -0.2) is 0 Å². The predicted molar refractivity (Wildman–Crippen MR) is 82.3 cm³/mol. The van der Waals surface area contributed by atoms with E-state index in [-0.39, 0.29) is 12.3 Å². The minimum Gasteiger partial charge on any atom is -0.371 e. The van der Waals surface area contributed by atoms with E-state index in [1.807, 2.05) is 0 Å². The molecule has 1 atom stereocenters. The van der Waals surface area contributed by atoms with Gasteiger partial charge in [-0.15, -0.1) is 0 Å². The van der Waals surface area contributed by atoms with E-state index in [1.165, 1.54) is 11.4 Å². The molecule has 112 valence electrons. The van der Waals surface area contributed by atoms with Crippen molar-refractivity contribution >= 4 is 11.4 Å². The van der Waals surface area contributed by atoms with Crippen LogP contribution in [0.4, 0.5) is 11.4 Å². The highest BCUT2D eigenvalue weighted by Gasteiger charge is 2.27. The molecule has 0 bridgehead atoms. The number of para-hydroxylation sites is 2. The maximum atomic E-state index is 5.99.